The molecule has 1 saturated heterocycles. The number of anilines is 3. The molecule has 288 valence electrons. The molecular weight excluding hydrogens is 749 g/mol. The number of nitrogens with zero attached hydrogens (tertiary/aromatic N) is 11. The molecule has 0 atom stereocenters. The number of aryl methyl sites for hydroxylation is 2. The summed E-state index contributed by atoms with van der Waals surface area (Å²) in [4.78, 5) is 59.1. The average Bonchev–Trinajstić information content (AvgIpc) is 3.81. The second kappa shape index (κ2) is 14.6. The van der Waals surface area contributed by atoms with Gasteiger partial charge >= 0.3 is 12.2 Å². The van der Waals surface area contributed by atoms with E-state index in [9.17, 15) is 32.7 Å². The van der Waals surface area contributed by atoms with E-state index in [2.05, 4.69) is 30.6 Å². The second-order valence-corrected chi connectivity index (χ2v) is 13.3. The smallest absolute Gasteiger partial charge is 0.416 e. The predicted molar refractivity (Wildman–Crippen MR) is 192 cm³/mol. The first-order valence-corrected chi connectivity index (χ1v) is 17.6. The highest BCUT2D eigenvalue weighted by Gasteiger charge is 2.33. The van der Waals surface area contributed by atoms with Crippen LogP contribution in [0.1, 0.15) is 52.5 Å². The van der Waals surface area contributed by atoms with E-state index in [4.69, 9.17) is 21.0 Å². The summed E-state index contributed by atoms with van der Waals surface area (Å²) in [5.74, 6) is -0.657. The summed E-state index contributed by atoms with van der Waals surface area (Å²) in [5, 5.41) is 25.3. The molecule has 2 amide bonds. The molecule has 17 nitrogen and oxygen atoms in total. The fourth-order valence-corrected chi connectivity index (χ4v) is 6.79. The summed E-state index contributed by atoms with van der Waals surface area (Å²) in [6, 6.07) is 2.99. The number of nitrogens with one attached hydrogen (secondary N) is 1. The molecule has 21 heteroatoms. The summed E-state index contributed by atoms with van der Waals surface area (Å²) in [5.41, 5.74) is 0.0917. The number of benzene rings is 1. The highest BCUT2D eigenvalue weighted by atomic mass is 35.5. The van der Waals surface area contributed by atoms with Gasteiger partial charge in [0.1, 0.15) is 18.6 Å². The Morgan fingerprint density at radius 3 is 2.45 bits per heavy atom. The van der Waals surface area contributed by atoms with E-state index >= 15 is 0 Å². The highest BCUT2D eigenvalue weighted by molar-refractivity contribution is 6.33. The number of amides is 2. The normalized spacial score (nSPS) is 15.1. The topological polar surface area (TPSA) is 193 Å². The Bertz CT molecular complexity index is 2400. The first kappa shape index (κ1) is 37.3. The molecule has 5 aromatic rings. The number of halogens is 4. The van der Waals surface area contributed by atoms with Crippen molar-refractivity contribution in [3.8, 4) is 5.75 Å². The van der Waals surface area contributed by atoms with Crippen LogP contribution in [-0.2, 0) is 23.9 Å². The van der Waals surface area contributed by atoms with Crippen LogP contribution >= 0.6 is 11.6 Å². The van der Waals surface area contributed by atoms with Gasteiger partial charge in [-0.05, 0) is 43.5 Å². The van der Waals surface area contributed by atoms with Gasteiger partial charge in [0.2, 0.25) is 17.6 Å². The standard InChI is InChI=1S/C34H34ClF3N12O5/c1-4-24-27(46-11-13-47(14-12-46)30(53)26-28(52)18(2)39-17-40-26)31(54)50-32(42-29(45-50)20-7-9-48(10-8-20)33-44-43-19(3)55-33)49(24)16-25(51)41-23-6-5-21(15-22(23)35)34(36,37)38/h5-7,15,17,52H,4,8-14,16H2,1-3H3,(H,41,51). The van der Waals surface area contributed by atoms with Gasteiger partial charge in [-0.2, -0.15) is 22.7 Å². The summed E-state index contributed by atoms with van der Waals surface area (Å²) in [7, 11) is 0. The first-order chi connectivity index (χ1) is 26.2. The number of piperazine rings is 1. The van der Waals surface area contributed by atoms with E-state index in [1.807, 2.05) is 22.8 Å². The fraction of sp³-hybridized carbons (Fsp3) is 0.382. The molecule has 0 radical (unpaired) electrons. The van der Waals surface area contributed by atoms with E-state index in [0.29, 0.717) is 37.1 Å². The van der Waals surface area contributed by atoms with Gasteiger partial charge in [-0.25, -0.2) is 9.97 Å². The van der Waals surface area contributed by atoms with Crippen LogP contribution in [0.25, 0.3) is 11.4 Å². The van der Waals surface area contributed by atoms with E-state index in [0.717, 1.165) is 28.3 Å². The lowest BCUT2D eigenvalue weighted by molar-refractivity contribution is -0.137. The van der Waals surface area contributed by atoms with Gasteiger partial charge in [-0.3, -0.25) is 14.4 Å². The van der Waals surface area contributed by atoms with Crippen LogP contribution in [-0.4, -0.2) is 100 Å². The number of fused-ring (bicyclic) bond motifs is 1. The van der Waals surface area contributed by atoms with Gasteiger partial charge < -0.3 is 34.1 Å². The monoisotopic (exact) mass is 782 g/mol. The van der Waals surface area contributed by atoms with Crippen molar-refractivity contribution >= 4 is 52.2 Å². The summed E-state index contributed by atoms with van der Waals surface area (Å²) in [6.07, 6.45) is -0.790. The number of rotatable bonds is 8. The van der Waals surface area contributed by atoms with Crippen LogP contribution in [0.4, 0.5) is 30.6 Å². The molecular formula is C34H34ClF3N12O5. The second-order valence-electron chi connectivity index (χ2n) is 12.9. The van der Waals surface area contributed by atoms with E-state index in [1.54, 1.807) is 18.4 Å². The Morgan fingerprint density at radius 2 is 1.82 bits per heavy atom. The van der Waals surface area contributed by atoms with Gasteiger partial charge in [-0.1, -0.05) is 29.7 Å². The largest absolute Gasteiger partial charge is 0.504 e. The lowest BCUT2D eigenvalue weighted by Gasteiger charge is -2.36. The molecule has 6 heterocycles. The van der Waals surface area contributed by atoms with Crippen LogP contribution in [0.3, 0.4) is 0 Å². The van der Waals surface area contributed by atoms with Crippen molar-refractivity contribution in [2.45, 2.75) is 46.3 Å². The minimum atomic E-state index is -4.63. The van der Waals surface area contributed by atoms with Crippen LogP contribution in [0, 0.1) is 13.8 Å². The number of alkyl halides is 3. The summed E-state index contributed by atoms with van der Waals surface area (Å²) >= 11 is 6.15. The van der Waals surface area contributed by atoms with E-state index in [-0.39, 0.29) is 77.7 Å². The maximum Gasteiger partial charge on any atom is 0.416 e. The molecule has 0 spiro atoms. The third kappa shape index (κ3) is 7.28. The van der Waals surface area contributed by atoms with Crippen LogP contribution in [0.2, 0.25) is 5.02 Å². The first-order valence-electron chi connectivity index (χ1n) is 17.2. The quantitative estimate of drug-likeness (QED) is 0.233. The van der Waals surface area contributed by atoms with Crippen molar-refractivity contribution in [2.24, 2.45) is 0 Å². The average molecular weight is 783 g/mol. The fourth-order valence-electron chi connectivity index (χ4n) is 6.56. The maximum atomic E-state index is 14.4. The van der Waals surface area contributed by atoms with Crippen molar-refractivity contribution < 1.29 is 32.3 Å². The highest BCUT2D eigenvalue weighted by Crippen LogP contribution is 2.34. The van der Waals surface area contributed by atoms with Crippen LogP contribution in [0.15, 0.2) is 39.8 Å². The number of aromatic hydroxyl groups is 1. The van der Waals surface area contributed by atoms with Crippen LogP contribution < -0.4 is 20.7 Å². The van der Waals surface area contributed by atoms with Gasteiger partial charge in [0, 0.05) is 46.2 Å². The molecule has 4 aromatic heterocycles. The Hall–Kier alpha value is -6.05. The minimum absolute atomic E-state index is 0.0313. The third-order valence-corrected chi connectivity index (χ3v) is 9.72. The molecule has 2 N–H and O–H groups in total. The summed E-state index contributed by atoms with van der Waals surface area (Å²) < 4.78 is 48.0. The number of hydrogen-bond acceptors (Lipinski definition) is 13. The zero-order chi connectivity index (χ0) is 39.2. The SMILES string of the molecule is CCc1c(N2CCN(C(=O)c3ncnc(C)c3O)CC2)c(=O)n2nc(C3=CCN(c4nnc(C)o4)CC3)nc2n1CC(=O)Nc1ccc(C(F)(F)F)cc1Cl. The molecule has 2 aliphatic rings. The molecule has 1 aromatic carbocycles. The van der Waals surface area contributed by atoms with Crippen molar-refractivity contribution in [3.63, 3.8) is 0 Å². The molecule has 0 bridgehead atoms. The van der Waals surface area contributed by atoms with Gasteiger partial charge in [0.25, 0.3) is 11.5 Å². The van der Waals surface area contributed by atoms with Gasteiger partial charge in [0.05, 0.1) is 27.7 Å². The zero-order valence-electron chi connectivity index (χ0n) is 29.8. The predicted octanol–water partition coefficient (Wildman–Crippen LogP) is 3.52. The van der Waals surface area contributed by atoms with E-state index in [1.165, 1.54) is 11.2 Å². The minimum Gasteiger partial charge on any atom is -0.504 e. The molecule has 0 aliphatic carbocycles. The van der Waals surface area contributed by atoms with E-state index < -0.39 is 35.7 Å². The number of hydrogen-bond donors (Lipinski definition) is 2. The van der Waals surface area contributed by atoms with Crippen molar-refractivity contribution in [2.75, 3.05) is 54.4 Å². The summed E-state index contributed by atoms with van der Waals surface area (Å²) in [6.45, 7) is 6.38. The maximum absolute atomic E-state index is 14.4. The Labute approximate surface area is 315 Å². The number of aromatic nitrogens is 8. The van der Waals surface area contributed by atoms with Crippen molar-refractivity contribution in [3.05, 3.63) is 80.3 Å². The number of carbonyl (C=O) groups is 2. The van der Waals surface area contributed by atoms with Crippen molar-refractivity contribution in [1.82, 2.24) is 44.2 Å². The molecule has 7 rings (SSSR count). The molecule has 0 unspecified atom stereocenters. The Balaban J connectivity index is 1.23. The Morgan fingerprint density at radius 1 is 1.05 bits per heavy atom. The lowest BCUT2D eigenvalue weighted by Crippen LogP contribution is -2.51. The number of carbonyl (C=O) groups excluding carboxylic acids is 2. The van der Waals surface area contributed by atoms with Gasteiger partial charge in [0.15, 0.2) is 17.3 Å². The zero-order valence-corrected chi connectivity index (χ0v) is 30.5. The van der Waals surface area contributed by atoms with Crippen LogP contribution in [0.5, 0.6) is 5.75 Å². The van der Waals surface area contributed by atoms with Crippen molar-refractivity contribution in [1.29, 1.82) is 0 Å². The third-order valence-electron chi connectivity index (χ3n) is 9.41. The molecule has 1 fully saturated rings. The molecule has 0 saturated carbocycles. The molecule has 2 aliphatic heterocycles. The molecule has 55 heavy (non-hydrogen) atoms. The Kier molecular flexibility index (Phi) is 9.93. The van der Waals surface area contributed by atoms with Gasteiger partial charge in [-0.15, -0.1) is 10.2 Å². The lowest BCUT2D eigenvalue weighted by atomic mass is 10.1.